The first-order valence-electron chi connectivity index (χ1n) is 7.17. The normalized spacial score (nSPS) is 26.7. The minimum absolute atomic E-state index is 0.0996. The molecule has 2 aromatic rings. The van der Waals surface area contributed by atoms with Crippen molar-refractivity contribution in [2.45, 2.75) is 28.5 Å². The van der Waals surface area contributed by atoms with Crippen molar-refractivity contribution in [2.24, 2.45) is 5.73 Å². The van der Waals surface area contributed by atoms with Crippen molar-refractivity contribution in [1.29, 1.82) is 0 Å². The summed E-state index contributed by atoms with van der Waals surface area (Å²) in [6.07, 6.45) is 0. The van der Waals surface area contributed by atoms with Crippen LogP contribution in [0.3, 0.4) is 0 Å². The monoisotopic (exact) mass is 331 g/mol. The summed E-state index contributed by atoms with van der Waals surface area (Å²) in [4.78, 5) is 11.7. The van der Waals surface area contributed by atoms with E-state index in [9.17, 15) is 18.3 Å². The zero-order valence-electron chi connectivity index (χ0n) is 12.5. The Morgan fingerprint density at radius 2 is 1.65 bits per heavy atom. The van der Waals surface area contributed by atoms with Crippen LogP contribution in [-0.2, 0) is 14.6 Å². The molecule has 0 radical (unpaired) electrons. The van der Waals surface area contributed by atoms with E-state index in [2.05, 4.69) is 0 Å². The topological polar surface area (TPSA) is 97.5 Å². The molecule has 0 heterocycles. The fourth-order valence-electron chi connectivity index (χ4n) is 3.05. The highest BCUT2D eigenvalue weighted by molar-refractivity contribution is 7.92. The molecule has 1 aliphatic rings. The maximum atomic E-state index is 12.9. The summed E-state index contributed by atoms with van der Waals surface area (Å²) in [7, 11) is -3.84. The van der Waals surface area contributed by atoms with Gasteiger partial charge in [-0.25, -0.2) is 8.42 Å². The highest BCUT2D eigenvalue weighted by Crippen LogP contribution is 2.55. The Balaban J connectivity index is 2.07. The molecule has 1 fully saturated rings. The van der Waals surface area contributed by atoms with Crippen LogP contribution in [0.4, 0.5) is 0 Å². The van der Waals surface area contributed by atoms with Crippen LogP contribution in [0.25, 0.3) is 0 Å². The van der Waals surface area contributed by atoms with Gasteiger partial charge in [0.05, 0.1) is 4.90 Å². The van der Waals surface area contributed by atoms with Gasteiger partial charge in [-0.15, -0.1) is 0 Å². The summed E-state index contributed by atoms with van der Waals surface area (Å²) in [6.45, 7) is 1.85. The molecule has 0 saturated heterocycles. The summed E-state index contributed by atoms with van der Waals surface area (Å²) >= 11 is 0. The number of carbonyl (C=O) groups is 1. The van der Waals surface area contributed by atoms with Gasteiger partial charge in [0, 0.05) is 5.92 Å². The summed E-state index contributed by atoms with van der Waals surface area (Å²) in [5, 5.41) is 8.31. The molecular weight excluding hydrogens is 314 g/mol. The van der Waals surface area contributed by atoms with Crippen LogP contribution in [0.2, 0.25) is 0 Å². The third-order valence-electron chi connectivity index (χ3n) is 4.39. The predicted molar refractivity (Wildman–Crippen MR) is 85.9 cm³/mol. The molecule has 3 N–H and O–H groups in total. The average Bonchev–Trinajstić information content (AvgIpc) is 3.17. The molecule has 6 heteroatoms. The molecule has 0 bridgehead atoms. The maximum absolute atomic E-state index is 12.9. The van der Waals surface area contributed by atoms with Gasteiger partial charge < -0.3 is 10.8 Å². The van der Waals surface area contributed by atoms with Crippen molar-refractivity contribution in [2.75, 3.05) is 0 Å². The first-order valence-corrected chi connectivity index (χ1v) is 8.72. The number of benzene rings is 2. The quantitative estimate of drug-likeness (QED) is 0.889. The third kappa shape index (κ3) is 2.34. The van der Waals surface area contributed by atoms with Gasteiger partial charge in [-0.05, 0) is 24.6 Å². The van der Waals surface area contributed by atoms with Gasteiger partial charge in [0.1, 0.15) is 10.8 Å². The number of aryl methyl sites for hydroxylation is 1. The van der Waals surface area contributed by atoms with Crippen LogP contribution in [-0.4, -0.2) is 30.3 Å². The molecule has 5 nitrogen and oxygen atoms in total. The van der Waals surface area contributed by atoms with Crippen LogP contribution in [0.1, 0.15) is 17.0 Å². The molecule has 23 heavy (non-hydrogen) atoms. The Labute approximate surface area is 134 Å². The van der Waals surface area contributed by atoms with Gasteiger partial charge in [0.15, 0.2) is 9.84 Å². The van der Waals surface area contributed by atoms with Gasteiger partial charge in [-0.3, -0.25) is 4.79 Å². The minimum atomic E-state index is -3.84. The van der Waals surface area contributed by atoms with Crippen molar-refractivity contribution >= 4 is 15.8 Å². The molecular formula is C17H17NO4S. The highest BCUT2D eigenvalue weighted by Gasteiger charge is 2.74. The number of hydrogen-bond donors (Lipinski definition) is 2. The maximum Gasteiger partial charge on any atom is 0.325 e. The van der Waals surface area contributed by atoms with Gasteiger partial charge in [-0.2, -0.15) is 0 Å². The summed E-state index contributed by atoms with van der Waals surface area (Å²) in [5.41, 5.74) is 5.73. The fraction of sp³-hybridized carbons (Fsp3) is 0.235. The van der Waals surface area contributed by atoms with E-state index in [1.165, 1.54) is 12.1 Å². The first kappa shape index (κ1) is 15.7. The number of aliphatic carboxylic acids is 1. The Morgan fingerprint density at radius 1 is 1.09 bits per heavy atom. The predicted octanol–water partition coefficient (Wildman–Crippen LogP) is 1.72. The molecule has 0 amide bonds. The zero-order chi connectivity index (χ0) is 16.8. The summed E-state index contributed by atoms with van der Waals surface area (Å²) in [6, 6.07) is 15.0. The molecule has 0 aromatic heterocycles. The first-order chi connectivity index (χ1) is 10.8. The molecule has 3 atom stereocenters. The largest absolute Gasteiger partial charge is 0.480 e. The molecule has 0 spiro atoms. The Morgan fingerprint density at radius 3 is 2.17 bits per heavy atom. The highest BCUT2D eigenvalue weighted by atomic mass is 32.2. The number of sulfone groups is 1. The molecule has 120 valence electrons. The SMILES string of the molecule is Cc1ccc(S(=O)(=O)C2C(c3ccccc3)C2(N)C(=O)O)cc1. The fourth-order valence-corrected chi connectivity index (χ4v) is 5.28. The lowest BCUT2D eigenvalue weighted by Crippen LogP contribution is -2.39. The average molecular weight is 331 g/mol. The van der Waals surface area contributed by atoms with E-state index in [-0.39, 0.29) is 4.90 Å². The van der Waals surface area contributed by atoms with E-state index >= 15 is 0 Å². The molecule has 1 saturated carbocycles. The van der Waals surface area contributed by atoms with Crippen LogP contribution in [0.15, 0.2) is 59.5 Å². The molecule has 2 aromatic carbocycles. The molecule has 0 aliphatic heterocycles. The number of nitrogens with two attached hydrogens (primary N) is 1. The minimum Gasteiger partial charge on any atom is -0.480 e. The van der Waals surface area contributed by atoms with E-state index < -0.39 is 32.5 Å². The van der Waals surface area contributed by atoms with E-state index in [1.807, 2.05) is 6.92 Å². The lowest BCUT2D eigenvalue weighted by molar-refractivity contribution is -0.139. The Hall–Kier alpha value is -2.18. The number of carboxylic acids is 1. The van der Waals surface area contributed by atoms with Gasteiger partial charge >= 0.3 is 5.97 Å². The van der Waals surface area contributed by atoms with E-state index in [0.29, 0.717) is 5.56 Å². The van der Waals surface area contributed by atoms with Crippen molar-refractivity contribution in [3.63, 3.8) is 0 Å². The van der Waals surface area contributed by atoms with Crippen LogP contribution < -0.4 is 5.73 Å². The van der Waals surface area contributed by atoms with Crippen molar-refractivity contribution in [3.8, 4) is 0 Å². The lowest BCUT2D eigenvalue weighted by Gasteiger charge is -2.07. The number of carboxylic acid groups (broad SMARTS) is 1. The second-order valence-electron chi connectivity index (χ2n) is 5.91. The van der Waals surface area contributed by atoms with Crippen LogP contribution >= 0.6 is 0 Å². The van der Waals surface area contributed by atoms with Gasteiger partial charge in [0.2, 0.25) is 0 Å². The van der Waals surface area contributed by atoms with E-state index in [4.69, 9.17) is 5.73 Å². The van der Waals surface area contributed by atoms with Crippen molar-refractivity contribution < 1.29 is 18.3 Å². The van der Waals surface area contributed by atoms with Crippen molar-refractivity contribution in [1.82, 2.24) is 0 Å². The van der Waals surface area contributed by atoms with Crippen LogP contribution in [0, 0.1) is 6.92 Å². The second kappa shape index (κ2) is 5.18. The second-order valence-corrected chi connectivity index (χ2v) is 7.97. The van der Waals surface area contributed by atoms with E-state index in [1.54, 1.807) is 42.5 Å². The molecule has 1 aliphatic carbocycles. The van der Waals surface area contributed by atoms with Gasteiger partial charge in [-0.1, -0.05) is 48.0 Å². The standard InChI is InChI=1S/C17H17NO4S/c1-11-7-9-13(10-8-11)23(21,22)15-14(17(15,18)16(19)20)12-5-3-2-4-6-12/h2-10,14-15H,18H2,1H3,(H,19,20). The zero-order valence-corrected chi connectivity index (χ0v) is 13.3. The third-order valence-corrected chi connectivity index (χ3v) is 6.65. The molecule has 3 rings (SSSR count). The Kier molecular flexibility index (Phi) is 3.54. The summed E-state index contributed by atoms with van der Waals surface area (Å²) in [5.74, 6) is -2.06. The van der Waals surface area contributed by atoms with Crippen LogP contribution in [0.5, 0.6) is 0 Å². The van der Waals surface area contributed by atoms with Gasteiger partial charge in [0.25, 0.3) is 0 Å². The smallest absolute Gasteiger partial charge is 0.325 e. The molecule has 3 unspecified atom stereocenters. The summed E-state index contributed by atoms with van der Waals surface area (Å²) < 4.78 is 25.7. The number of hydrogen-bond acceptors (Lipinski definition) is 4. The van der Waals surface area contributed by atoms with Crippen molar-refractivity contribution in [3.05, 3.63) is 65.7 Å². The Bertz CT molecular complexity index is 846. The van der Waals surface area contributed by atoms with E-state index in [0.717, 1.165) is 5.56 Å². The number of rotatable bonds is 4. The lowest BCUT2D eigenvalue weighted by atomic mass is 10.1.